The van der Waals surface area contributed by atoms with Crippen LogP contribution >= 0.6 is 0 Å². The Labute approximate surface area is 525 Å². The number of carbonyl (C=O) groups excluding carboxylic acids is 2. The van der Waals surface area contributed by atoms with Crippen LogP contribution in [0.2, 0.25) is 0 Å². The molecule has 0 aromatic rings. The maximum atomic E-state index is 12.5. The van der Waals surface area contributed by atoms with Gasteiger partial charge in [0.2, 0.25) is 5.91 Å². The highest BCUT2D eigenvalue weighted by Gasteiger charge is 2.18. The molecule has 1 amide bonds. The summed E-state index contributed by atoms with van der Waals surface area (Å²) >= 11 is 0. The van der Waals surface area contributed by atoms with Crippen LogP contribution in [0.4, 0.5) is 0 Å². The molecule has 0 rings (SSSR count). The predicted octanol–water partition coefficient (Wildman–Crippen LogP) is 24.8. The van der Waals surface area contributed by atoms with Crippen LogP contribution in [-0.4, -0.2) is 47.4 Å². The Morgan fingerprint density at radius 1 is 0.333 bits per heavy atom. The van der Waals surface area contributed by atoms with Gasteiger partial charge in [0, 0.05) is 12.8 Å². The maximum Gasteiger partial charge on any atom is 0.305 e. The third-order valence-electron chi connectivity index (χ3n) is 17.6. The molecule has 494 valence electrons. The van der Waals surface area contributed by atoms with Gasteiger partial charge in [-0.15, -0.1) is 0 Å². The molecule has 0 radical (unpaired) electrons. The van der Waals surface area contributed by atoms with Crippen molar-refractivity contribution in [3.63, 3.8) is 0 Å². The lowest BCUT2D eigenvalue weighted by Gasteiger charge is -2.20. The summed E-state index contributed by atoms with van der Waals surface area (Å²) in [5, 5.41) is 23.2. The van der Waals surface area contributed by atoms with E-state index in [1.165, 1.54) is 334 Å². The van der Waals surface area contributed by atoms with Crippen molar-refractivity contribution in [1.82, 2.24) is 5.32 Å². The normalized spacial score (nSPS) is 12.8. The van der Waals surface area contributed by atoms with E-state index in [4.69, 9.17) is 4.74 Å². The molecule has 0 aromatic carbocycles. The fourth-order valence-electron chi connectivity index (χ4n) is 11.8. The molecule has 0 aliphatic carbocycles. The smallest absolute Gasteiger partial charge is 0.305 e. The maximum absolute atomic E-state index is 12.5. The van der Waals surface area contributed by atoms with E-state index in [-0.39, 0.29) is 18.5 Å². The Morgan fingerprint density at radius 3 is 0.929 bits per heavy atom. The standard InChI is InChI=1S/C78H147NO5/c1-3-5-7-9-11-13-15-17-19-21-40-44-48-52-56-60-64-68-72-78(83)84-73-69-65-61-57-53-49-45-41-38-36-34-32-30-28-26-24-22-23-25-27-29-31-33-35-37-39-43-47-51-55-59-63-67-71-77(82)79-75(74-80)76(81)70-66-62-58-54-50-46-42-20-18-16-14-12-10-8-6-4-2/h13,15,19,21,26,28,66,70,75-76,80-81H,3-12,14,16-18,20,22-25,27,29-65,67-69,71-74H2,1-2H3,(H,79,82)/b15-13-,21-19-,28-26-,70-66+. The molecule has 0 spiro atoms. The van der Waals surface area contributed by atoms with E-state index in [1.54, 1.807) is 6.08 Å². The summed E-state index contributed by atoms with van der Waals surface area (Å²) in [6, 6.07) is -0.626. The van der Waals surface area contributed by atoms with Gasteiger partial charge in [-0.3, -0.25) is 9.59 Å². The lowest BCUT2D eigenvalue weighted by Crippen LogP contribution is -2.45. The molecule has 6 heteroatoms. The summed E-state index contributed by atoms with van der Waals surface area (Å²) in [7, 11) is 0. The summed E-state index contributed by atoms with van der Waals surface area (Å²) in [6.07, 6.45) is 96.4. The van der Waals surface area contributed by atoms with Gasteiger partial charge in [-0.25, -0.2) is 0 Å². The van der Waals surface area contributed by atoms with Gasteiger partial charge >= 0.3 is 5.97 Å². The number of rotatable bonds is 71. The molecule has 3 N–H and O–H groups in total. The number of aliphatic hydroxyl groups is 2. The van der Waals surface area contributed by atoms with Gasteiger partial charge in [-0.1, -0.05) is 358 Å². The van der Waals surface area contributed by atoms with Gasteiger partial charge in [0.15, 0.2) is 0 Å². The summed E-state index contributed by atoms with van der Waals surface area (Å²) in [4.78, 5) is 24.6. The Balaban J connectivity index is 3.36. The Kier molecular flexibility index (Phi) is 71.4. The first kappa shape index (κ1) is 81.8. The van der Waals surface area contributed by atoms with Crippen molar-refractivity contribution in [2.75, 3.05) is 13.2 Å². The Morgan fingerprint density at radius 2 is 0.595 bits per heavy atom. The fraction of sp³-hybridized carbons (Fsp3) is 0.872. The Bertz CT molecular complexity index is 1400. The molecule has 0 saturated carbocycles. The van der Waals surface area contributed by atoms with Crippen molar-refractivity contribution in [2.24, 2.45) is 0 Å². The molecular formula is C78H147NO5. The molecule has 0 bridgehead atoms. The molecule has 84 heavy (non-hydrogen) atoms. The molecule has 0 aromatic heterocycles. The Hall–Kier alpha value is -2.18. The number of hydrogen-bond donors (Lipinski definition) is 3. The molecule has 6 nitrogen and oxygen atoms in total. The highest BCUT2D eigenvalue weighted by Crippen LogP contribution is 2.19. The third-order valence-corrected chi connectivity index (χ3v) is 17.6. The van der Waals surface area contributed by atoms with Crippen molar-refractivity contribution >= 4 is 11.9 Å². The second kappa shape index (κ2) is 73.3. The number of allylic oxidation sites excluding steroid dienone is 7. The highest BCUT2D eigenvalue weighted by atomic mass is 16.5. The van der Waals surface area contributed by atoms with E-state index < -0.39 is 12.1 Å². The number of hydrogen-bond acceptors (Lipinski definition) is 5. The van der Waals surface area contributed by atoms with E-state index >= 15 is 0 Å². The lowest BCUT2D eigenvalue weighted by atomic mass is 10.0. The number of amides is 1. The average Bonchev–Trinajstić information content (AvgIpc) is 3.50. The summed E-state index contributed by atoms with van der Waals surface area (Å²) < 4.78 is 5.51. The number of ether oxygens (including phenoxy) is 1. The monoisotopic (exact) mass is 1180 g/mol. The largest absolute Gasteiger partial charge is 0.466 e. The van der Waals surface area contributed by atoms with Crippen LogP contribution in [0.3, 0.4) is 0 Å². The first-order valence-electron chi connectivity index (χ1n) is 37.9. The van der Waals surface area contributed by atoms with Crippen molar-refractivity contribution < 1.29 is 24.5 Å². The molecule has 2 atom stereocenters. The number of nitrogens with one attached hydrogen (secondary N) is 1. The zero-order valence-corrected chi connectivity index (χ0v) is 56.6. The van der Waals surface area contributed by atoms with Crippen LogP contribution in [0.25, 0.3) is 0 Å². The van der Waals surface area contributed by atoms with Gasteiger partial charge in [0.1, 0.15) is 0 Å². The SMILES string of the molecule is CCCCCC/C=C\C/C=C\CCCCCCCCCC(=O)OCCCCCCCCCCCCCC/C=C\CCCCCCCCCCCCCCCCCCCC(=O)NC(CO)C(O)/C=C/CCCCCCCCCCCCCCCC. The number of esters is 1. The number of carbonyl (C=O) groups is 2. The molecule has 0 saturated heterocycles. The van der Waals surface area contributed by atoms with E-state index in [1.807, 2.05) is 6.08 Å². The van der Waals surface area contributed by atoms with Crippen LogP contribution in [0.5, 0.6) is 0 Å². The van der Waals surface area contributed by atoms with E-state index in [2.05, 4.69) is 55.6 Å². The van der Waals surface area contributed by atoms with Crippen molar-refractivity contribution in [1.29, 1.82) is 0 Å². The van der Waals surface area contributed by atoms with Crippen LogP contribution in [-0.2, 0) is 14.3 Å². The van der Waals surface area contributed by atoms with Crippen LogP contribution in [0.1, 0.15) is 412 Å². The fourth-order valence-corrected chi connectivity index (χ4v) is 11.8. The van der Waals surface area contributed by atoms with Crippen LogP contribution in [0, 0.1) is 0 Å². The zero-order chi connectivity index (χ0) is 60.6. The minimum Gasteiger partial charge on any atom is -0.466 e. The summed E-state index contributed by atoms with van der Waals surface area (Å²) in [5.41, 5.74) is 0. The second-order valence-corrected chi connectivity index (χ2v) is 26.0. The van der Waals surface area contributed by atoms with Gasteiger partial charge < -0.3 is 20.3 Å². The summed E-state index contributed by atoms with van der Waals surface area (Å²) in [5.74, 6) is -0.0510. The topological polar surface area (TPSA) is 95.9 Å². The lowest BCUT2D eigenvalue weighted by molar-refractivity contribution is -0.143. The minimum absolute atomic E-state index is 0.0114. The van der Waals surface area contributed by atoms with Crippen molar-refractivity contribution in [2.45, 2.75) is 424 Å². The van der Waals surface area contributed by atoms with Gasteiger partial charge in [0.25, 0.3) is 0 Å². The minimum atomic E-state index is -0.843. The molecule has 0 aliphatic heterocycles. The van der Waals surface area contributed by atoms with Crippen molar-refractivity contribution in [3.8, 4) is 0 Å². The van der Waals surface area contributed by atoms with Crippen LogP contribution in [0.15, 0.2) is 48.6 Å². The molecule has 2 unspecified atom stereocenters. The van der Waals surface area contributed by atoms with E-state index in [0.717, 1.165) is 51.4 Å². The van der Waals surface area contributed by atoms with E-state index in [0.29, 0.717) is 19.4 Å². The summed E-state index contributed by atoms with van der Waals surface area (Å²) in [6.45, 7) is 4.92. The average molecular weight is 1180 g/mol. The molecule has 0 aliphatic rings. The zero-order valence-electron chi connectivity index (χ0n) is 56.6. The van der Waals surface area contributed by atoms with Crippen molar-refractivity contribution in [3.05, 3.63) is 48.6 Å². The third kappa shape index (κ3) is 68.9. The van der Waals surface area contributed by atoms with Gasteiger partial charge in [0.05, 0.1) is 25.4 Å². The number of aliphatic hydroxyl groups excluding tert-OH is 2. The molecule has 0 heterocycles. The van der Waals surface area contributed by atoms with Gasteiger partial charge in [-0.05, 0) is 89.9 Å². The van der Waals surface area contributed by atoms with Gasteiger partial charge in [-0.2, -0.15) is 0 Å². The van der Waals surface area contributed by atoms with E-state index in [9.17, 15) is 19.8 Å². The predicted molar refractivity (Wildman–Crippen MR) is 370 cm³/mol. The molecular weight excluding hydrogens is 1030 g/mol. The second-order valence-electron chi connectivity index (χ2n) is 26.0. The van der Waals surface area contributed by atoms with Crippen LogP contribution < -0.4 is 5.32 Å². The first-order valence-corrected chi connectivity index (χ1v) is 37.9. The highest BCUT2D eigenvalue weighted by molar-refractivity contribution is 5.76. The molecule has 0 fully saturated rings. The first-order chi connectivity index (χ1) is 41.5. The number of unbranched alkanes of at least 4 members (excludes halogenated alkanes) is 54. The quantitative estimate of drug-likeness (QED) is 0.0320.